The van der Waals surface area contributed by atoms with Crippen LogP contribution in [0.25, 0.3) is 0 Å². The van der Waals surface area contributed by atoms with Gasteiger partial charge in [0, 0.05) is 18.8 Å². The summed E-state index contributed by atoms with van der Waals surface area (Å²) in [6.45, 7) is 7.19. The smallest absolute Gasteiger partial charge is 0.238 e. The number of aryl methyl sites for hydroxylation is 2. The summed E-state index contributed by atoms with van der Waals surface area (Å²) in [6, 6.07) is 5.51. The number of rotatable bonds is 7. The Hall–Kier alpha value is -1.92. The number of hydrogen-bond donors (Lipinski definition) is 2. The molecule has 0 aliphatic carbocycles. The lowest BCUT2D eigenvalue weighted by Gasteiger charge is -2.24. The van der Waals surface area contributed by atoms with Crippen molar-refractivity contribution in [2.24, 2.45) is 0 Å². The maximum atomic E-state index is 12.3. The predicted octanol–water partition coefficient (Wildman–Crippen LogP) is 1.86. The lowest BCUT2D eigenvalue weighted by atomic mass is 10.1. The maximum Gasteiger partial charge on any atom is 0.238 e. The molecule has 0 saturated carbocycles. The molecule has 2 amide bonds. The Morgan fingerprint density at radius 1 is 1.32 bits per heavy atom. The van der Waals surface area contributed by atoms with Gasteiger partial charge in [0.25, 0.3) is 0 Å². The summed E-state index contributed by atoms with van der Waals surface area (Å²) >= 11 is 0. The number of para-hydroxylation sites is 1. The van der Waals surface area contributed by atoms with Gasteiger partial charge in [-0.05, 0) is 51.8 Å². The molecule has 1 fully saturated rings. The Morgan fingerprint density at radius 3 is 2.60 bits per heavy atom. The quantitative estimate of drug-likeness (QED) is 0.790. The third-order valence-electron chi connectivity index (χ3n) is 4.71. The van der Waals surface area contributed by atoms with Crippen molar-refractivity contribution >= 4 is 17.5 Å². The number of amides is 2. The van der Waals surface area contributed by atoms with Gasteiger partial charge < -0.3 is 15.4 Å². The highest BCUT2D eigenvalue weighted by atomic mass is 16.5. The number of carbonyl (C=O) groups is 2. The van der Waals surface area contributed by atoms with E-state index in [9.17, 15) is 9.59 Å². The molecule has 2 rings (SSSR count). The number of likely N-dealkylation sites (N-methyl/N-ethyl adjacent to an activating group) is 1. The van der Waals surface area contributed by atoms with Crippen LogP contribution in [0.2, 0.25) is 0 Å². The van der Waals surface area contributed by atoms with E-state index in [0.717, 1.165) is 36.3 Å². The fourth-order valence-corrected chi connectivity index (χ4v) is 2.92. The van der Waals surface area contributed by atoms with Crippen LogP contribution >= 0.6 is 0 Å². The highest BCUT2D eigenvalue weighted by molar-refractivity contribution is 5.94. The van der Waals surface area contributed by atoms with Crippen LogP contribution in [-0.4, -0.2) is 55.6 Å². The SMILES string of the molecule is Cc1cccc(C)c1NC(=O)CN(C)[C@H](C)C(=O)NC[C@H]1CCCO1. The van der Waals surface area contributed by atoms with Crippen molar-refractivity contribution in [3.05, 3.63) is 29.3 Å². The third-order valence-corrected chi connectivity index (χ3v) is 4.71. The Morgan fingerprint density at radius 2 is 2.00 bits per heavy atom. The van der Waals surface area contributed by atoms with Crippen LogP contribution in [-0.2, 0) is 14.3 Å². The van der Waals surface area contributed by atoms with E-state index in [1.165, 1.54) is 0 Å². The number of nitrogens with zero attached hydrogens (tertiary/aromatic N) is 1. The monoisotopic (exact) mass is 347 g/mol. The summed E-state index contributed by atoms with van der Waals surface area (Å²) < 4.78 is 5.50. The third kappa shape index (κ3) is 5.54. The fraction of sp³-hybridized carbons (Fsp3) is 0.579. The molecule has 6 heteroatoms. The van der Waals surface area contributed by atoms with E-state index in [4.69, 9.17) is 4.74 Å². The summed E-state index contributed by atoms with van der Waals surface area (Å²) in [6.07, 6.45) is 2.16. The predicted molar refractivity (Wildman–Crippen MR) is 98.6 cm³/mol. The standard InChI is InChI=1S/C19H29N3O3/c1-13-7-5-8-14(2)18(13)21-17(23)12-22(4)15(3)19(24)20-11-16-9-6-10-25-16/h5,7-8,15-16H,6,9-12H2,1-4H3,(H,20,24)(H,21,23)/t15-,16-/m1/s1. The Kier molecular flexibility index (Phi) is 6.96. The molecule has 0 unspecified atom stereocenters. The van der Waals surface area contributed by atoms with E-state index >= 15 is 0 Å². The first-order valence-corrected chi connectivity index (χ1v) is 8.84. The fourth-order valence-electron chi connectivity index (χ4n) is 2.92. The van der Waals surface area contributed by atoms with Crippen LogP contribution in [0.15, 0.2) is 18.2 Å². The van der Waals surface area contributed by atoms with Crippen LogP contribution < -0.4 is 10.6 Å². The van der Waals surface area contributed by atoms with Crippen molar-refractivity contribution in [1.82, 2.24) is 10.2 Å². The van der Waals surface area contributed by atoms with Crippen molar-refractivity contribution < 1.29 is 14.3 Å². The highest BCUT2D eigenvalue weighted by Gasteiger charge is 2.22. The van der Waals surface area contributed by atoms with Crippen molar-refractivity contribution in [3.8, 4) is 0 Å². The summed E-state index contributed by atoms with van der Waals surface area (Å²) in [5.41, 5.74) is 2.90. The van der Waals surface area contributed by atoms with Crippen molar-refractivity contribution in [1.29, 1.82) is 0 Å². The number of ether oxygens (including phenoxy) is 1. The largest absolute Gasteiger partial charge is 0.376 e. The van der Waals surface area contributed by atoms with Crippen LogP contribution in [0, 0.1) is 13.8 Å². The summed E-state index contributed by atoms with van der Waals surface area (Å²) in [4.78, 5) is 26.3. The molecule has 0 bridgehead atoms. The van der Waals surface area contributed by atoms with Gasteiger partial charge in [0.2, 0.25) is 11.8 Å². The van der Waals surface area contributed by atoms with Crippen LogP contribution in [0.1, 0.15) is 30.9 Å². The Balaban J connectivity index is 1.81. The minimum absolute atomic E-state index is 0.0853. The van der Waals surface area contributed by atoms with Gasteiger partial charge in [-0.2, -0.15) is 0 Å². The maximum absolute atomic E-state index is 12.3. The van der Waals surface area contributed by atoms with E-state index in [0.29, 0.717) is 6.54 Å². The van der Waals surface area contributed by atoms with Crippen molar-refractivity contribution in [3.63, 3.8) is 0 Å². The molecule has 1 aromatic rings. The van der Waals surface area contributed by atoms with Gasteiger partial charge in [0.05, 0.1) is 18.7 Å². The minimum Gasteiger partial charge on any atom is -0.376 e. The molecule has 25 heavy (non-hydrogen) atoms. The number of nitrogens with one attached hydrogen (secondary N) is 2. The second kappa shape index (κ2) is 8.97. The molecule has 1 heterocycles. The van der Waals surface area contributed by atoms with E-state index in [1.807, 2.05) is 32.0 Å². The average Bonchev–Trinajstić information content (AvgIpc) is 3.08. The number of carbonyl (C=O) groups excluding carboxylic acids is 2. The minimum atomic E-state index is -0.384. The van der Waals surface area contributed by atoms with Crippen LogP contribution in [0.5, 0.6) is 0 Å². The second-order valence-corrected chi connectivity index (χ2v) is 6.79. The molecule has 1 aliphatic heterocycles. The van der Waals surface area contributed by atoms with Crippen LogP contribution in [0.3, 0.4) is 0 Å². The molecule has 0 radical (unpaired) electrons. The van der Waals surface area contributed by atoms with E-state index in [2.05, 4.69) is 10.6 Å². The Bertz CT molecular complexity index is 592. The molecule has 1 aromatic carbocycles. The highest BCUT2D eigenvalue weighted by Crippen LogP contribution is 2.19. The molecule has 6 nitrogen and oxygen atoms in total. The molecule has 2 N–H and O–H groups in total. The number of benzene rings is 1. The van der Waals surface area contributed by atoms with Gasteiger partial charge >= 0.3 is 0 Å². The molecular weight excluding hydrogens is 318 g/mol. The molecule has 0 spiro atoms. The number of hydrogen-bond acceptors (Lipinski definition) is 4. The number of anilines is 1. The van der Waals surface area contributed by atoms with Crippen molar-refractivity contribution in [2.45, 2.75) is 45.8 Å². The van der Waals surface area contributed by atoms with E-state index in [-0.39, 0.29) is 30.5 Å². The molecule has 0 aromatic heterocycles. The topological polar surface area (TPSA) is 70.7 Å². The zero-order valence-electron chi connectivity index (χ0n) is 15.6. The molecule has 1 aliphatic rings. The average molecular weight is 347 g/mol. The summed E-state index contributed by atoms with van der Waals surface area (Å²) in [5.74, 6) is -0.212. The Labute approximate surface area is 149 Å². The molecule has 1 saturated heterocycles. The first-order valence-electron chi connectivity index (χ1n) is 8.84. The summed E-state index contributed by atoms with van der Waals surface area (Å²) in [7, 11) is 1.78. The van der Waals surface area contributed by atoms with Crippen molar-refractivity contribution in [2.75, 3.05) is 32.1 Å². The first-order chi connectivity index (χ1) is 11.9. The van der Waals surface area contributed by atoms with Gasteiger partial charge in [-0.15, -0.1) is 0 Å². The molecule has 2 atom stereocenters. The normalized spacial score (nSPS) is 18.2. The van der Waals surface area contributed by atoms with Crippen LogP contribution in [0.4, 0.5) is 5.69 Å². The molecular formula is C19H29N3O3. The van der Waals surface area contributed by atoms with Gasteiger partial charge in [-0.3, -0.25) is 14.5 Å². The van der Waals surface area contributed by atoms with Gasteiger partial charge in [0.1, 0.15) is 0 Å². The van der Waals surface area contributed by atoms with Gasteiger partial charge in [0.15, 0.2) is 0 Å². The van der Waals surface area contributed by atoms with E-state index < -0.39 is 0 Å². The zero-order valence-corrected chi connectivity index (χ0v) is 15.6. The lowest BCUT2D eigenvalue weighted by molar-refractivity contribution is -0.127. The van der Waals surface area contributed by atoms with E-state index in [1.54, 1.807) is 18.9 Å². The van der Waals surface area contributed by atoms with Gasteiger partial charge in [-0.25, -0.2) is 0 Å². The molecule has 138 valence electrons. The first kappa shape index (κ1) is 19.4. The second-order valence-electron chi connectivity index (χ2n) is 6.79. The summed E-state index contributed by atoms with van der Waals surface area (Å²) in [5, 5.41) is 5.86. The van der Waals surface area contributed by atoms with Gasteiger partial charge in [-0.1, -0.05) is 18.2 Å². The lowest BCUT2D eigenvalue weighted by Crippen LogP contribution is -2.47. The zero-order chi connectivity index (χ0) is 18.4.